The largest absolute Gasteiger partial charge is 0.395 e. The Bertz CT molecular complexity index is 698. The van der Waals surface area contributed by atoms with Crippen molar-refractivity contribution in [2.24, 2.45) is 0 Å². The van der Waals surface area contributed by atoms with Crippen molar-refractivity contribution in [2.75, 3.05) is 6.61 Å². The van der Waals surface area contributed by atoms with Gasteiger partial charge in [-0.25, -0.2) is 13.8 Å². The van der Waals surface area contributed by atoms with Crippen molar-refractivity contribution in [3.8, 4) is 0 Å². The number of fused-ring (bicyclic) bond motifs is 1. The third kappa shape index (κ3) is 1.67. The van der Waals surface area contributed by atoms with Gasteiger partial charge in [-0.05, 0) is 0 Å². The second kappa shape index (κ2) is 4.33. The van der Waals surface area contributed by atoms with Gasteiger partial charge in [-0.2, -0.15) is 0 Å². The molecule has 0 aliphatic carbocycles. The summed E-state index contributed by atoms with van der Waals surface area (Å²) in [6.07, 6.45) is 0.365. The molecule has 0 spiro atoms. The molecule has 3 heterocycles. The van der Waals surface area contributed by atoms with Crippen molar-refractivity contribution in [3.05, 3.63) is 28.4 Å². The van der Waals surface area contributed by atoms with Gasteiger partial charge < -0.3 is 20.2 Å². The lowest BCUT2D eigenvalue weighted by atomic mass is 10.0. The Morgan fingerprint density at radius 3 is 2.80 bits per heavy atom. The third-order valence-corrected chi connectivity index (χ3v) is 3.55. The van der Waals surface area contributed by atoms with Crippen LogP contribution in [0.1, 0.15) is 11.6 Å². The summed E-state index contributed by atoms with van der Waals surface area (Å²) in [4.78, 5) is 20.3. The van der Waals surface area contributed by atoms with Gasteiger partial charge in [0.05, 0.1) is 19.0 Å². The van der Waals surface area contributed by atoms with Crippen LogP contribution in [0.3, 0.4) is 0 Å². The van der Waals surface area contributed by atoms with E-state index in [1.165, 1.54) is 6.20 Å². The maximum atomic E-state index is 14.1. The van der Waals surface area contributed by atoms with E-state index >= 15 is 0 Å². The fraction of sp³-hybridized carbons (Fsp3) is 0.455. The molecule has 1 saturated heterocycles. The van der Waals surface area contributed by atoms with Gasteiger partial charge in [0.15, 0.2) is 0 Å². The number of halogens is 2. The van der Waals surface area contributed by atoms with E-state index in [2.05, 4.69) is 20.3 Å². The summed E-state index contributed by atoms with van der Waals surface area (Å²) in [6, 6.07) is -2.67. The van der Waals surface area contributed by atoms with E-state index in [1.54, 1.807) is 0 Å². The Labute approximate surface area is 110 Å². The van der Waals surface area contributed by atoms with Crippen LogP contribution in [-0.4, -0.2) is 49.8 Å². The zero-order valence-corrected chi connectivity index (χ0v) is 10.1. The predicted octanol–water partition coefficient (Wildman–Crippen LogP) is -0.747. The normalized spacial score (nSPS) is 29.1. The number of hydrogen-bond acceptors (Lipinski definition) is 5. The zero-order valence-electron chi connectivity index (χ0n) is 10.1. The first-order valence-corrected chi connectivity index (χ1v) is 5.94. The van der Waals surface area contributed by atoms with E-state index < -0.39 is 36.3 Å². The number of aliphatic hydroxyl groups excluding tert-OH is 2. The van der Waals surface area contributed by atoms with Crippen molar-refractivity contribution in [1.82, 2.24) is 20.3 Å². The van der Waals surface area contributed by atoms with Crippen LogP contribution in [0.4, 0.5) is 8.78 Å². The number of aliphatic hydroxyl groups is 2. The van der Waals surface area contributed by atoms with Crippen molar-refractivity contribution >= 4 is 11.0 Å². The lowest BCUT2D eigenvalue weighted by Gasteiger charge is -2.20. The lowest BCUT2D eigenvalue weighted by Crippen LogP contribution is -2.38. The highest BCUT2D eigenvalue weighted by molar-refractivity contribution is 5.78. The Hall–Kier alpha value is -1.84. The molecule has 20 heavy (non-hydrogen) atoms. The van der Waals surface area contributed by atoms with Crippen LogP contribution in [0, 0.1) is 0 Å². The third-order valence-electron chi connectivity index (χ3n) is 3.55. The second-order valence-electron chi connectivity index (χ2n) is 4.71. The molecular formula is C11H12F2N4O3. The lowest BCUT2D eigenvalue weighted by molar-refractivity contribution is -0.103. The first-order chi connectivity index (χ1) is 9.46. The van der Waals surface area contributed by atoms with Crippen LogP contribution in [0.5, 0.6) is 0 Å². The standard InChI is InChI=1S/C11H12F2N4O3/c12-11(13)8(17-5(2-18)9(11)19)4-1-14-7-6(4)15-3-16-10(7)20/h1,3,5,8-9,14,17-19H,2H2,(H,15,16,20)/t5-,8+,9-/m1/s1. The van der Waals surface area contributed by atoms with Crippen molar-refractivity contribution in [1.29, 1.82) is 0 Å². The zero-order chi connectivity index (χ0) is 14.5. The van der Waals surface area contributed by atoms with E-state index in [0.29, 0.717) is 0 Å². The topological polar surface area (TPSA) is 114 Å². The second-order valence-corrected chi connectivity index (χ2v) is 4.71. The summed E-state index contributed by atoms with van der Waals surface area (Å²) in [7, 11) is 0. The number of alkyl halides is 2. The first-order valence-electron chi connectivity index (χ1n) is 5.94. The smallest absolute Gasteiger partial charge is 0.294 e. The van der Waals surface area contributed by atoms with E-state index in [1.807, 2.05) is 0 Å². The molecule has 1 fully saturated rings. The maximum absolute atomic E-state index is 14.1. The van der Waals surface area contributed by atoms with E-state index in [4.69, 9.17) is 5.11 Å². The molecule has 0 bridgehead atoms. The Balaban J connectivity index is 2.12. The van der Waals surface area contributed by atoms with Gasteiger partial charge >= 0.3 is 0 Å². The SMILES string of the molecule is O=c1[nH]cnc2c([C@@H]3N[C@H](CO)[C@@H](O)C3(F)F)c[nH]c12. The average molecular weight is 286 g/mol. The van der Waals surface area contributed by atoms with Gasteiger partial charge in [-0.3, -0.25) is 10.1 Å². The van der Waals surface area contributed by atoms with Crippen molar-refractivity contribution in [3.63, 3.8) is 0 Å². The molecule has 3 atom stereocenters. The van der Waals surface area contributed by atoms with Gasteiger partial charge in [-0.15, -0.1) is 0 Å². The first kappa shape index (κ1) is 13.2. The molecule has 0 amide bonds. The molecule has 0 radical (unpaired) electrons. The van der Waals surface area contributed by atoms with Crippen LogP contribution in [0.2, 0.25) is 0 Å². The number of H-pyrrole nitrogens is 2. The number of nitrogens with zero attached hydrogens (tertiary/aromatic N) is 1. The number of rotatable bonds is 2. The fourth-order valence-electron chi connectivity index (χ4n) is 2.50. The Kier molecular flexibility index (Phi) is 2.85. The minimum Gasteiger partial charge on any atom is -0.395 e. The molecule has 2 aromatic heterocycles. The summed E-state index contributed by atoms with van der Waals surface area (Å²) >= 11 is 0. The highest BCUT2D eigenvalue weighted by Crippen LogP contribution is 2.42. The number of hydrogen-bond donors (Lipinski definition) is 5. The van der Waals surface area contributed by atoms with Crippen LogP contribution in [-0.2, 0) is 0 Å². The van der Waals surface area contributed by atoms with E-state index in [9.17, 15) is 18.7 Å². The van der Waals surface area contributed by atoms with Crippen molar-refractivity contribution < 1.29 is 19.0 Å². The van der Waals surface area contributed by atoms with Crippen LogP contribution < -0.4 is 10.9 Å². The number of aromatic amines is 2. The van der Waals surface area contributed by atoms with Crippen LogP contribution in [0.25, 0.3) is 11.0 Å². The number of aromatic nitrogens is 3. The minimum absolute atomic E-state index is 0.0751. The minimum atomic E-state index is -3.48. The average Bonchev–Trinajstić information content (AvgIpc) is 2.92. The predicted molar refractivity (Wildman–Crippen MR) is 64.4 cm³/mol. The van der Waals surface area contributed by atoms with Gasteiger partial charge in [0, 0.05) is 11.8 Å². The molecule has 108 valence electrons. The number of nitrogens with one attached hydrogen (secondary N) is 3. The molecule has 0 aromatic carbocycles. The molecule has 3 rings (SSSR count). The molecule has 2 aromatic rings. The molecule has 7 nitrogen and oxygen atoms in total. The summed E-state index contributed by atoms with van der Waals surface area (Å²) in [5.41, 5.74) is -0.202. The van der Waals surface area contributed by atoms with Gasteiger partial charge in [0.1, 0.15) is 23.2 Å². The molecule has 1 aliphatic rings. The highest BCUT2D eigenvalue weighted by atomic mass is 19.3. The Morgan fingerprint density at radius 2 is 2.15 bits per heavy atom. The molecule has 9 heteroatoms. The maximum Gasteiger partial charge on any atom is 0.294 e. The van der Waals surface area contributed by atoms with Crippen LogP contribution in [0.15, 0.2) is 17.3 Å². The molecule has 5 N–H and O–H groups in total. The van der Waals surface area contributed by atoms with Gasteiger partial charge in [-0.1, -0.05) is 0 Å². The van der Waals surface area contributed by atoms with E-state index in [0.717, 1.165) is 6.33 Å². The monoisotopic (exact) mass is 286 g/mol. The molecule has 0 saturated carbocycles. The quantitative estimate of drug-likeness (QED) is 0.498. The molecular weight excluding hydrogens is 274 g/mol. The highest BCUT2D eigenvalue weighted by Gasteiger charge is 2.57. The van der Waals surface area contributed by atoms with Gasteiger partial charge in [0.25, 0.3) is 11.5 Å². The van der Waals surface area contributed by atoms with E-state index in [-0.39, 0.29) is 16.6 Å². The summed E-state index contributed by atoms with van der Waals surface area (Å²) < 4.78 is 28.2. The van der Waals surface area contributed by atoms with Crippen molar-refractivity contribution in [2.45, 2.75) is 24.1 Å². The Morgan fingerprint density at radius 1 is 1.40 bits per heavy atom. The van der Waals surface area contributed by atoms with Crippen LogP contribution >= 0.6 is 0 Å². The fourth-order valence-corrected chi connectivity index (χ4v) is 2.50. The molecule has 0 unspecified atom stereocenters. The summed E-state index contributed by atoms with van der Waals surface area (Å²) in [6.45, 7) is -0.621. The summed E-state index contributed by atoms with van der Waals surface area (Å²) in [5.74, 6) is -3.48. The van der Waals surface area contributed by atoms with Gasteiger partial charge in [0.2, 0.25) is 0 Å². The summed E-state index contributed by atoms with van der Waals surface area (Å²) in [5, 5.41) is 21.0. The molecule has 1 aliphatic heterocycles.